The number of rotatable bonds is 7. The fourth-order valence-electron chi connectivity index (χ4n) is 2.14. The SMILES string of the molecule is COc1cc(NCCC(=O)Nc2ccc(F)c(F)c2F)c(OC)cc1Cl. The zero-order chi connectivity index (χ0) is 19.3. The number of carbonyl (C=O) groups is 1. The van der Waals surface area contributed by atoms with Crippen LogP contribution in [0.5, 0.6) is 11.5 Å². The van der Waals surface area contributed by atoms with Crippen LogP contribution in [0.2, 0.25) is 5.02 Å². The van der Waals surface area contributed by atoms with Crippen molar-refractivity contribution in [2.24, 2.45) is 0 Å². The Morgan fingerprint density at radius 1 is 1.04 bits per heavy atom. The van der Waals surface area contributed by atoms with E-state index in [9.17, 15) is 18.0 Å². The Hall–Kier alpha value is -2.61. The average molecular weight is 389 g/mol. The summed E-state index contributed by atoms with van der Waals surface area (Å²) < 4.78 is 49.9. The summed E-state index contributed by atoms with van der Waals surface area (Å²) in [5.41, 5.74) is 0.111. The molecule has 2 aromatic carbocycles. The summed E-state index contributed by atoms with van der Waals surface area (Å²) in [5.74, 6) is -4.13. The molecule has 0 aromatic heterocycles. The van der Waals surface area contributed by atoms with Crippen molar-refractivity contribution in [1.82, 2.24) is 0 Å². The second kappa shape index (κ2) is 8.66. The van der Waals surface area contributed by atoms with Gasteiger partial charge in [-0.25, -0.2) is 13.2 Å². The van der Waals surface area contributed by atoms with Gasteiger partial charge in [0.15, 0.2) is 17.5 Å². The number of benzene rings is 2. The molecule has 0 saturated heterocycles. The summed E-state index contributed by atoms with van der Waals surface area (Å²) >= 11 is 6.00. The van der Waals surface area contributed by atoms with Gasteiger partial charge in [-0.05, 0) is 12.1 Å². The van der Waals surface area contributed by atoms with Crippen molar-refractivity contribution in [1.29, 1.82) is 0 Å². The third kappa shape index (κ3) is 4.51. The van der Waals surface area contributed by atoms with Gasteiger partial charge < -0.3 is 20.1 Å². The van der Waals surface area contributed by atoms with E-state index < -0.39 is 29.0 Å². The lowest BCUT2D eigenvalue weighted by Gasteiger charge is -2.14. The number of halogens is 4. The van der Waals surface area contributed by atoms with Gasteiger partial charge in [0, 0.05) is 25.1 Å². The van der Waals surface area contributed by atoms with Gasteiger partial charge in [-0.15, -0.1) is 0 Å². The van der Waals surface area contributed by atoms with Crippen molar-refractivity contribution >= 4 is 28.9 Å². The van der Waals surface area contributed by atoms with Crippen molar-refractivity contribution in [2.45, 2.75) is 6.42 Å². The second-order valence-electron chi connectivity index (χ2n) is 5.13. The van der Waals surface area contributed by atoms with Crippen molar-refractivity contribution in [3.05, 3.63) is 46.7 Å². The van der Waals surface area contributed by atoms with E-state index in [1.54, 1.807) is 12.1 Å². The number of ether oxygens (including phenoxy) is 2. The van der Waals surface area contributed by atoms with Crippen LogP contribution in [-0.4, -0.2) is 26.7 Å². The van der Waals surface area contributed by atoms with E-state index in [0.717, 1.165) is 12.1 Å². The molecular weight excluding hydrogens is 373 g/mol. The molecule has 0 heterocycles. The quantitative estimate of drug-likeness (QED) is 0.697. The fourth-order valence-corrected chi connectivity index (χ4v) is 2.38. The Morgan fingerprint density at radius 2 is 1.73 bits per heavy atom. The molecule has 2 rings (SSSR count). The molecule has 2 aromatic rings. The summed E-state index contributed by atoms with van der Waals surface area (Å²) in [7, 11) is 2.92. The molecule has 0 fully saturated rings. The standard InChI is InChI=1S/C17H16ClF3N2O3/c1-25-13-8-12(14(26-2)7-9(13)18)22-6-5-15(24)23-11-4-3-10(19)16(20)17(11)21/h3-4,7-8,22H,5-6H2,1-2H3,(H,23,24). The third-order valence-electron chi connectivity index (χ3n) is 3.45. The first-order valence-electron chi connectivity index (χ1n) is 7.46. The molecule has 5 nitrogen and oxygen atoms in total. The molecule has 0 bridgehead atoms. The Kier molecular flexibility index (Phi) is 6.57. The smallest absolute Gasteiger partial charge is 0.226 e. The minimum Gasteiger partial charge on any atom is -0.495 e. The molecule has 0 aliphatic rings. The summed E-state index contributed by atoms with van der Waals surface area (Å²) in [5, 5.41) is 5.52. The average Bonchev–Trinajstić information content (AvgIpc) is 2.63. The van der Waals surface area contributed by atoms with Gasteiger partial charge >= 0.3 is 0 Å². The van der Waals surface area contributed by atoms with Crippen molar-refractivity contribution < 1.29 is 27.4 Å². The van der Waals surface area contributed by atoms with Crippen LogP contribution < -0.4 is 20.1 Å². The van der Waals surface area contributed by atoms with Crippen LogP contribution in [0.4, 0.5) is 24.5 Å². The lowest BCUT2D eigenvalue weighted by Crippen LogP contribution is -2.17. The highest BCUT2D eigenvalue weighted by molar-refractivity contribution is 6.32. The van der Waals surface area contributed by atoms with E-state index in [1.165, 1.54) is 14.2 Å². The van der Waals surface area contributed by atoms with E-state index in [2.05, 4.69) is 10.6 Å². The summed E-state index contributed by atoms with van der Waals surface area (Å²) in [6.07, 6.45) is -0.0630. The van der Waals surface area contributed by atoms with E-state index >= 15 is 0 Å². The van der Waals surface area contributed by atoms with Crippen LogP contribution in [0.1, 0.15) is 6.42 Å². The molecule has 26 heavy (non-hydrogen) atoms. The zero-order valence-electron chi connectivity index (χ0n) is 14.0. The van der Waals surface area contributed by atoms with E-state index in [4.69, 9.17) is 21.1 Å². The van der Waals surface area contributed by atoms with Crippen molar-refractivity contribution in [2.75, 3.05) is 31.4 Å². The lowest BCUT2D eigenvalue weighted by atomic mass is 10.2. The van der Waals surface area contributed by atoms with Crippen molar-refractivity contribution in [3.63, 3.8) is 0 Å². The fraction of sp³-hybridized carbons (Fsp3) is 0.235. The molecule has 0 radical (unpaired) electrons. The lowest BCUT2D eigenvalue weighted by molar-refractivity contribution is -0.116. The minimum absolute atomic E-state index is 0.0630. The molecule has 140 valence electrons. The van der Waals surface area contributed by atoms with Gasteiger partial charge in [0.05, 0.1) is 30.6 Å². The van der Waals surface area contributed by atoms with Gasteiger partial charge in [-0.1, -0.05) is 11.6 Å². The first-order valence-corrected chi connectivity index (χ1v) is 7.84. The predicted octanol–water partition coefficient (Wildman–Crippen LogP) is 4.22. The molecule has 0 aliphatic carbocycles. The topological polar surface area (TPSA) is 59.6 Å². The third-order valence-corrected chi connectivity index (χ3v) is 3.75. The summed E-state index contributed by atoms with van der Waals surface area (Å²) in [6.45, 7) is 0.165. The molecule has 0 saturated carbocycles. The molecule has 1 amide bonds. The second-order valence-corrected chi connectivity index (χ2v) is 5.54. The van der Waals surface area contributed by atoms with Gasteiger partial charge in [0.2, 0.25) is 5.91 Å². The van der Waals surface area contributed by atoms with Crippen LogP contribution in [0.3, 0.4) is 0 Å². The maximum Gasteiger partial charge on any atom is 0.226 e. The Balaban J connectivity index is 1.98. The molecular formula is C17H16ClF3N2O3. The minimum atomic E-state index is -1.64. The number of carbonyl (C=O) groups excluding carboxylic acids is 1. The maximum atomic E-state index is 13.5. The molecule has 0 spiro atoms. The van der Waals surface area contributed by atoms with E-state index in [0.29, 0.717) is 22.2 Å². The first-order chi connectivity index (χ1) is 12.4. The Bertz CT molecular complexity index is 818. The molecule has 9 heteroatoms. The van der Waals surface area contributed by atoms with E-state index in [-0.39, 0.29) is 13.0 Å². The van der Waals surface area contributed by atoms with Crippen LogP contribution in [0.25, 0.3) is 0 Å². The Labute approximate surface area is 153 Å². The highest BCUT2D eigenvalue weighted by Gasteiger charge is 2.15. The van der Waals surface area contributed by atoms with Gasteiger partial charge in [0.25, 0.3) is 0 Å². The Morgan fingerprint density at radius 3 is 2.38 bits per heavy atom. The predicted molar refractivity (Wildman–Crippen MR) is 92.6 cm³/mol. The van der Waals surface area contributed by atoms with Gasteiger partial charge in [-0.3, -0.25) is 4.79 Å². The first kappa shape index (κ1) is 19.7. The number of methoxy groups -OCH3 is 2. The molecule has 0 atom stereocenters. The number of anilines is 2. The summed E-state index contributed by atoms with van der Waals surface area (Å²) in [4.78, 5) is 11.9. The summed E-state index contributed by atoms with van der Waals surface area (Å²) in [6, 6.07) is 4.84. The van der Waals surface area contributed by atoms with E-state index in [1.807, 2.05) is 0 Å². The van der Waals surface area contributed by atoms with Gasteiger partial charge in [-0.2, -0.15) is 0 Å². The number of amides is 1. The van der Waals surface area contributed by atoms with Crippen LogP contribution in [0.15, 0.2) is 24.3 Å². The monoisotopic (exact) mass is 388 g/mol. The number of nitrogens with one attached hydrogen (secondary N) is 2. The van der Waals surface area contributed by atoms with Crippen molar-refractivity contribution in [3.8, 4) is 11.5 Å². The molecule has 2 N–H and O–H groups in total. The van der Waals surface area contributed by atoms with Crippen LogP contribution in [-0.2, 0) is 4.79 Å². The zero-order valence-corrected chi connectivity index (χ0v) is 14.7. The normalized spacial score (nSPS) is 10.4. The largest absolute Gasteiger partial charge is 0.495 e. The number of hydrogen-bond acceptors (Lipinski definition) is 4. The van der Waals surface area contributed by atoms with Gasteiger partial charge in [0.1, 0.15) is 11.5 Å². The highest BCUT2D eigenvalue weighted by atomic mass is 35.5. The maximum absolute atomic E-state index is 13.5. The van der Waals surface area contributed by atoms with Crippen LogP contribution >= 0.6 is 11.6 Å². The number of hydrogen-bond donors (Lipinski definition) is 2. The molecule has 0 unspecified atom stereocenters. The van der Waals surface area contributed by atoms with Crippen LogP contribution in [0, 0.1) is 17.5 Å². The highest BCUT2D eigenvalue weighted by Crippen LogP contribution is 2.35. The molecule has 0 aliphatic heterocycles.